The molecule has 0 spiro atoms. The number of carbonyl (C=O) groups is 1. The smallest absolute Gasteiger partial charge is 0.173 e. The Balaban J connectivity index is 2.29. The molecule has 0 aliphatic carbocycles. The van der Waals surface area contributed by atoms with Crippen LogP contribution in [0.2, 0.25) is 0 Å². The first-order chi connectivity index (χ1) is 11.8. The van der Waals surface area contributed by atoms with Gasteiger partial charge in [0.25, 0.3) is 0 Å². The van der Waals surface area contributed by atoms with E-state index in [-0.39, 0.29) is 11.5 Å². The molecule has 0 N–H and O–H groups in total. The van der Waals surface area contributed by atoms with Gasteiger partial charge in [-0.1, -0.05) is 24.8 Å². The zero-order valence-electron chi connectivity index (χ0n) is 15.8. The standard InChI is InChI=1S/C21H24N2OS/c1-7-17-15(5)19(10-22)21(23-16(17)6)25-11-20(24)18-9-13(3)12(2)8-14(18)4/h8-9H,7,11H2,1-6H3. The molecule has 0 aliphatic heterocycles. The molecule has 0 unspecified atom stereocenters. The first-order valence-corrected chi connectivity index (χ1v) is 9.42. The van der Waals surface area contributed by atoms with Gasteiger partial charge < -0.3 is 0 Å². The minimum absolute atomic E-state index is 0.0752. The molecule has 0 bridgehead atoms. The summed E-state index contributed by atoms with van der Waals surface area (Å²) in [6.07, 6.45) is 0.852. The average molecular weight is 353 g/mol. The highest BCUT2D eigenvalue weighted by molar-refractivity contribution is 8.00. The molecule has 2 rings (SSSR count). The Morgan fingerprint density at radius 1 is 1.12 bits per heavy atom. The maximum atomic E-state index is 12.7. The maximum Gasteiger partial charge on any atom is 0.173 e. The van der Waals surface area contributed by atoms with E-state index >= 15 is 0 Å². The molecule has 0 radical (unpaired) electrons. The third kappa shape index (κ3) is 3.93. The predicted molar refractivity (Wildman–Crippen MR) is 104 cm³/mol. The number of nitrogens with zero attached hydrogens (tertiary/aromatic N) is 2. The fraction of sp³-hybridized carbons (Fsp3) is 0.381. The summed E-state index contributed by atoms with van der Waals surface area (Å²) in [5, 5.41) is 10.2. The van der Waals surface area contributed by atoms with Gasteiger partial charge in [-0.3, -0.25) is 4.79 Å². The van der Waals surface area contributed by atoms with Gasteiger partial charge in [-0.2, -0.15) is 5.26 Å². The number of carbonyl (C=O) groups excluding carboxylic acids is 1. The van der Waals surface area contributed by atoms with Crippen molar-refractivity contribution >= 4 is 17.5 Å². The van der Waals surface area contributed by atoms with E-state index in [1.807, 2.05) is 33.8 Å². The largest absolute Gasteiger partial charge is 0.293 e. The van der Waals surface area contributed by atoms with Crippen molar-refractivity contribution in [1.29, 1.82) is 5.26 Å². The van der Waals surface area contributed by atoms with Crippen molar-refractivity contribution in [3.05, 3.63) is 56.8 Å². The van der Waals surface area contributed by atoms with Gasteiger partial charge >= 0.3 is 0 Å². The summed E-state index contributed by atoms with van der Waals surface area (Å²) >= 11 is 1.36. The molecular formula is C21H24N2OS. The number of hydrogen-bond donors (Lipinski definition) is 0. The molecule has 4 heteroatoms. The highest BCUT2D eigenvalue weighted by Gasteiger charge is 2.17. The number of ketones is 1. The molecule has 25 heavy (non-hydrogen) atoms. The summed E-state index contributed by atoms with van der Waals surface area (Å²) in [5.41, 5.74) is 7.70. The molecule has 0 atom stereocenters. The van der Waals surface area contributed by atoms with E-state index in [1.54, 1.807) is 0 Å². The van der Waals surface area contributed by atoms with Gasteiger partial charge in [0, 0.05) is 11.3 Å². The van der Waals surface area contributed by atoms with Gasteiger partial charge in [-0.15, -0.1) is 0 Å². The quantitative estimate of drug-likeness (QED) is 0.559. The van der Waals surface area contributed by atoms with Crippen LogP contribution in [0.25, 0.3) is 0 Å². The van der Waals surface area contributed by atoms with Crippen molar-refractivity contribution in [3.63, 3.8) is 0 Å². The van der Waals surface area contributed by atoms with Gasteiger partial charge in [-0.05, 0) is 74.9 Å². The molecule has 0 saturated carbocycles. The molecule has 1 heterocycles. The Morgan fingerprint density at radius 3 is 2.36 bits per heavy atom. The second-order valence-corrected chi connectivity index (χ2v) is 7.37. The van der Waals surface area contributed by atoms with Crippen molar-refractivity contribution in [2.45, 2.75) is 53.0 Å². The van der Waals surface area contributed by atoms with Crippen LogP contribution < -0.4 is 0 Å². The number of Topliss-reactive ketones (excluding diaryl/α,β-unsaturated/α-hetero) is 1. The zero-order valence-corrected chi connectivity index (χ0v) is 16.6. The van der Waals surface area contributed by atoms with Crippen molar-refractivity contribution in [1.82, 2.24) is 4.98 Å². The summed E-state index contributed by atoms with van der Waals surface area (Å²) in [4.78, 5) is 17.2. The zero-order chi connectivity index (χ0) is 18.7. The van der Waals surface area contributed by atoms with Crippen molar-refractivity contribution in [3.8, 4) is 6.07 Å². The van der Waals surface area contributed by atoms with Crippen molar-refractivity contribution in [2.24, 2.45) is 0 Å². The van der Waals surface area contributed by atoms with Crippen LogP contribution in [0.1, 0.15) is 56.4 Å². The van der Waals surface area contributed by atoms with Crippen LogP contribution in [0.5, 0.6) is 0 Å². The lowest BCUT2D eigenvalue weighted by Gasteiger charge is -2.13. The van der Waals surface area contributed by atoms with E-state index in [1.165, 1.54) is 17.3 Å². The van der Waals surface area contributed by atoms with Crippen LogP contribution in [0.3, 0.4) is 0 Å². The SMILES string of the molecule is CCc1c(C)nc(SCC(=O)c2cc(C)c(C)cc2C)c(C#N)c1C. The van der Waals surface area contributed by atoms with Crippen LogP contribution in [-0.2, 0) is 6.42 Å². The van der Waals surface area contributed by atoms with E-state index in [4.69, 9.17) is 0 Å². The second kappa shape index (κ2) is 7.84. The topological polar surface area (TPSA) is 53.8 Å². The molecule has 0 aliphatic rings. The van der Waals surface area contributed by atoms with Gasteiger partial charge in [0.1, 0.15) is 11.1 Å². The van der Waals surface area contributed by atoms with E-state index in [9.17, 15) is 10.1 Å². The molecule has 3 nitrogen and oxygen atoms in total. The van der Waals surface area contributed by atoms with Gasteiger partial charge in [0.2, 0.25) is 0 Å². The number of aryl methyl sites for hydroxylation is 4. The predicted octanol–water partition coefficient (Wildman–Crippen LogP) is 5.03. The number of aromatic nitrogens is 1. The van der Waals surface area contributed by atoms with Crippen LogP contribution in [-0.4, -0.2) is 16.5 Å². The third-order valence-electron chi connectivity index (χ3n) is 4.69. The fourth-order valence-electron chi connectivity index (χ4n) is 3.09. The number of hydrogen-bond acceptors (Lipinski definition) is 4. The number of benzene rings is 1. The minimum atomic E-state index is 0.0752. The molecule has 0 amide bonds. The number of nitriles is 1. The minimum Gasteiger partial charge on any atom is -0.293 e. The summed E-state index contributed by atoms with van der Waals surface area (Å²) in [6, 6.07) is 6.28. The lowest BCUT2D eigenvalue weighted by Crippen LogP contribution is -2.08. The normalized spacial score (nSPS) is 10.6. The summed E-state index contributed by atoms with van der Waals surface area (Å²) in [6.45, 7) is 12.0. The van der Waals surface area contributed by atoms with Crippen LogP contribution in [0, 0.1) is 45.9 Å². The highest BCUT2D eigenvalue weighted by Crippen LogP contribution is 2.28. The van der Waals surface area contributed by atoms with E-state index < -0.39 is 0 Å². The molecule has 1 aromatic carbocycles. The Hall–Kier alpha value is -2.12. The molecular weight excluding hydrogens is 328 g/mol. The second-order valence-electron chi connectivity index (χ2n) is 6.41. The molecule has 2 aromatic rings. The summed E-state index contributed by atoms with van der Waals surface area (Å²) < 4.78 is 0. The van der Waals surface area contributed by atoms with Crippen molar-refractivity contribution < 1.29 is 4.79 Å². The molecule has 130 valence electrons. The Bertz CT molecular complexity index is 879. The van der Waals surface area contributed by atoms with Crippen molar-refractivity contribution in [2.75, 3.05) is 5.75 Å². The number of rotatable bonds is 5. The first kappa shape index (κ1) is 19.2. The van der Waals surface area contributed by atoms with Gasteiger partial charge in [-0.25, -0.2) is 4.98 Å². The van der Waals surface area contributed by atoms with Gasteiger partial charge in [0.15, 0.2) is 5.78 Å². The Kier molecular flexibility index (Phi) is 6.02. The summed E-state index contributed by atoms with van der Waals surface area (Å²) in [5.74, 6) is 0.362. The summed E-state index contributed by atoms with van der Waals surface area (Å²) in [7, 11) is 0. The Labute approximate surface area is 154 Å². The fourth-order valence-corrected chi connectivity index (χ4v) is 4.06. The molecule has 0 fully saturated rings. The number of thioether (sulfide) groups is 1. The lowest BCUT2D eigenvalue weighted by molar-refractivity contribution is 0.102. The lowest BCUT2D eigenvalue weighted by atomic mass is 9.99. The Morgan fingerprint density at radius 2 is 1.76 bits per heavy atom. The van der Waals surface area contributed by atoms with Crippen LogP contribution in [0.15, 0.2) is 17.2 Å². The van der Waals surface area contributed by atoms with E-state index in [0.717, 1.165) is 39.9 Å². The third-order valence-corrected chi connectivity index (χ3v) is 5.67. The van der Waals surface area contributed by atoms with E-state index in [2.05, 4.69) is 31.0 Å². The average Bonchev–Trinajstić information content (AvgIpc) is 2.56. The van der Waals surface area contributed by atoms with Crippen LogP contribution in [0.4, 0.5) is 0 Å². The first-order valence-electron chi connectivity index (χ1n) is 8.44. The monoisotopic (exact) mass is 352 g/mol. The van der Waals surface area contributed by atoms with E-state index in [0.29, 0.717) is 10.6 Å². The maximum absolute atomic E-state index is 12.7. The van der Waals surface area contributed by atoms with Crippen LogP contribution >= 0.6 is 11.8 Å². The highest BCUT2D eigenvalue weighted by atomic mass is 32.2. The molecule has 1 aromatic heterocycles. The van der Waals surface area contributed by atoms with Gasteiger partial charge in [0.05, 0.1) is 11.3 Å². The number of pyridine rings is 1. The molecule has 0 saturated heterocycles.